The minimum Gasteiger partial charge on any atom is -0.492 e. The highest BCUT2D eigenvalue weighted by Gasteiger charge is 2.23. The summed E-state index contributed by atoms with van der Waals surface area (Å²) in [4.78, 5) is 1.39. The van der Waals surface area contributed by atoms with Crippen molar-refractivity contribution in [1.82, 2.24) is 0 Å². The Hall–Kier alpha value is -1.45. The van der Waals surface area contributed by atoms with E-state index in [4.69, 9.17) is 4.74 Å². The molecule has 0 radical (unpaired) electrons. The Morgan fingerprint density at radius 2 is 2.05 bits per heavy atom. The Kier molecular flexibility index (Phi) is 3.40. The molecule has 0 amide bonds. The topological polar surface area (TPSA) is 29.5 Å². The number of aliphatic hydroxyl groups excluding tert-OH is 1. The van der Waals surface area contributed by atoms with Crippen LogP contribution in [0.25, 0.3) is 0 Å². The smallest absolute Gasteiger partial charge is 0.119 e. The van der Waals surface area contributed by atoms with Crippen LogP contribution in [0.3, 0.4) is 0 Å². The van der Waals surface area contributed by atoms with Crippen molar-refractivity contribution in [3.05, 3.63) is 59.2 Å². The van der Waals surface area contributed by atoms with Crippen molar-refractivity contribution in [2.75, 3.05) is 6.61 Å². The summed E-state index contributed by atoms with van der Waals surface area (Å²) in [5.74, 6) is 0.930. The Morgan fingerprint density at radius 3 is 2.95 bits per heavy atom. The van der Waals surface area contributed by atoms with Crippen LogP contribution in [0.4, 0.5) is 0 Å². The molecule has 1 N–H and O–H groups in total. The highest BCUT2D eigenvalue weighted by atomic mass is 32.2. The fraction of sp³-hybridized carbons (Fsp3) is 0.333. The van der Waals surface area contributed by atoms with Crippen LogP contribution in [0, 0.1) is 0 Å². The number of ether oxygens (including phenoxy) is 1. The molecular formula is C18H18O2S. The van der Waals surface area contributed by atoms with Crippen molar-refractivity contribution in [1.29, 1.82) is 0 Å². The van der Waals surface area contributed by atoms with Crippen molar-refractivity contribution in [2.24, 2.45) is 0 Å². The monoisotopic (exact) mass is 298 g/mol. The average Bonchev–Trinajstić information content (AvgIpc) is 3.08. The van der Waals surface area contributed by atoms with Crippen molar-refractivity contribution >= 4 is 11.8 Å². The van der Waals surface area contributed by atoms with Gasteiger partial charge in [0.2, 0.25) is 0 Å². The van der Waals surface area contributed by atoms with E-state index >= 15 is 0 Å². The van der Waals surface area contributed by atoms with Crippen LogP contribution >= 0.6 is 11.8 Å². The predicted molar refractivity (Wildman–Crippen MR) is 85.0 cm³/mol. The lowest BCUT2D eigenvalue weighted by atomic mass is 10.1. The zero-order valence-electron chi connectivity index (χ0n) is 11.8. The predicted octanol–water partition coefficient (Wildman–Crippen LogP) is 3.76. The van der Waals surface area contributed by atoms with Gasteiger partial charge in [0.1, 0.15) is 12.4 Å². The SMILES string of the molecule is O[C@@H]1CCc2cc(OCC3Cc4ccccc4S3)ccc21. The van der Waals surface area contributed by atoms with Gasteiger partial charge in [-0.25, -0.2) is 0 Å². The minimum atomic E-state index is -0.283. The maximum atomic E-state index is 9.83. The number of aliphatic hydroxyl groups is 1. The lowest BCUT2D eigenvalue weighted by Crippen LogP contribution is -2.13. The summed E-state index contributed by atoms with van der Waals surface area (Å²) in [5.41, 5.74) is 3.75. The Labute approximate surface area is 129 Å². The maximum Gasteiger partial charge on any atom is 0.119 e. The quantitative estimate of drug-likeness (QED) is 0.935. The van der Waals surface area contributed by atoms with Gasteiger partial charge in [-0.2, -0.15) is 0 Å². The number of fused-ring (bicyclic) bond motifs is 2. The molecule has 0 spiro atoms. The van der Waals surface area contributed by atoms with Crippen LogP contribution in [0.2, 0.25) is 0 Å². The van der Waals surface area contributed by atoms with Gasteiger partial charge in [0, 0.05) is 10.1 Å². The van der Waals surface area contributed by atoms with Gasteiger partial charge >= 0.3 is 0 Å². The Morgan fingerprint density at radius 1 is 1.14 bits per heavy atom. The first-order chi connectivity index (χ1) is 10.3. The van der Waals surface area contributed by atoms with Gasteiger partial charge in [0.05, 0.1) is 6.10 Å². The van der Waals surface area contributed by atoms with Crippen molar-refractivity contribution in [3.63, 3.8) is 0 Å². The van der Waals surface area contributed by atoms with Crippen LogP contribution in [0.1, 0.15) is 29.2 Å². The molecule has 1 unspecified atom stereocenters. The van der Waals surface area contributed by atoms with Crippen molar-refractivity contribution in [2.45, 2.75) is 35.5 Å². The van der Waals surface area contributed by atoms with E-state index in [0.717, 1.165) is 37.2 Å². The summed E-state index contributed by atoms with van der Waals surface area (Å²) in [6.45, 7) is 0.737. The van der Waals surface area contributed by atoms with Crippen molar-refractivity contribution in [3.8, 4) is 5.75 Å². The second-order valence-corrected chi connectivity index (χ2v) is 7.12. The Bertz CT molecular complexity index is 643. The normalized spacial score (nSPS) is 22.9. The molecule has 108 valence electrons. The number of thioether (sulfide) groups is 1. The summed E-state index contributed by atoms with van der Waals surface area (Å²) < 4.78 is 5.98. The molecular weight excluding hydrogens is 280 g/mol. The molecule has 3 heteroatoms. The molecule has 2 atom stereocenters. The lowest BCUT2D eigenvalue weighted by Gasteiger charge is -2.12. The third kappa shape index (κ3) is 2.56. The number of rotatable bonds is 3. The van der Waals surface area contributed by atoms with E-state index < -0.39 is 0 Å². The van der Waals surface area contributed by atoms with Crippen LogP contribution in [0.15, 0.2) is 47.4 Å². The second kappa shape index (κ2) is 5.39. The van der Waals surface area contributed by atoms with Crippen LogP contribution < -0.4 is 4.74 Å². The van der Waals surface area contributed by atoms with Gasteiger partial charge in [0.15, 0.2) is 0 Å². The minimum absolute atomic E-state index is 0.283. The van der Waals surface area contributed by atoms with E-state index in [1.807, 2.05) is 23.9 Å². The van der Waals surface area contributed by atoms with Gasteiger partial charge in [0.25, 0.3) is 0 Å². The average molecular weight is 298 g/mol. The van der Waals surface area contributed by atoms with Gasteiger partial charge in [-0.15, -0.1) is 11.8 Å². The molecule has 2 aromatic rings. The number of benzene rings is 2. The van der Waals surface area contributed by atoms with E-state index in [-0.39, 0.29) is 6.10 Å². The van der Waals surface area contributed by atoms with E-state index in [1.165, 1.54) is 16.0 Å². The van der Waals surface area contributed by atoms with Crippen molar-refractivity contribution < 1.29 is 9.84 Å². The third-order valence-electron chi connectivity index (χ3n) is 4.31. The zero-order valence-corrected chi connectivity index (χ0v) is 12.6. The molecule has 1 heterocycles. The molecule has 0 bridgehead atoms. The van der Waals surface area contributed by atoms with E-state index in [0.29, 0.717) is 5.25 Å². The molecule has 0 saturated heterocycles. The summed E-state index contributed by atoms with van der Waals surface area (Å²) in [6.07, 6.45) is 2.60. The molecule has 0 saturated carbocycles. The van der Waals surface area contributed by atoms with Crippen LogP contribution in [0.5, 0.6) is 5.75 Å². The largest absolute Gasteiger partial charge is 0.492 e. The van der Waals surface area contributed by atoms with Crippen LogP contribution in [-0.2, 0) is 12.8 Å². The molecule has 0 aromatic heterocycles. The van der Waals surface area contributed by atoms with E-state index in [9.17, 15) is 5.11 Å². The summed E-state index contributed by atoms with van der Waals surface area (Å²) in [5, 5.41) is 10.3. The van der Waals surface area contributed by atoms with E-state index in [2.05, 4.69) is 30.3 Å². The fourth-order valence-corrected chi connectivity index (χ4v) is 4.42. The first kappa shape index (κ1) is 13.2. The van der Waals surface area contributed by atoms with Crippen LogP contribution in [-0.4, -0.2) is 17.0 Å². The zero-order chi connectivity index (χ0) is 14.2. The molecule has 4 rings (SSSR count). The Balaban J connectivity index is 1.40. The molecule has 21 heavy (non-hydrogen) atoms. The summed E-state index contributed by atoms with van der Waals surface area (Å²) in [7, 11) is 0. The van der Waals surface area contributed by atoms with Gasteiger partial charge in [-0.1, -0.05) is 24.3 Å². The summed E-state index contributed by atoms with van der Waals surface area (Å²) in [6, 6.07) is 14.7. The highest BCUT2D eigenvalue weighted by Crippen LogP contribution is 2.37. The van der Waals surface area contributed by atoms with E-state index in [1.54, 1.807) is 0 Å². The highest BCUT2D eigenvalue weighted by molar-refractivity contribution is 8.00. The number of hydrogen-bond acceptors (Lipinski definition) is 3. The molecule has 2 aliphatic rings. The van der Waals surface area contributed by atoms with Gasteiger partial charge in [-0.3, -0.25) is 0 Å². The summed E-state index contributed by atoms with van der Waals surface area (Å²) >= 11 is 1.92. The number of hydrogen-bond donors (Lipinski definition) is 1. The molecule has 2 aromatic carbocycles. The standard InChI is InChI=1S/C18H18O2S/c19-17-8-5-12-9-14(6-7-16(12)17)20-11-15-10-13-3-1-2-4-18(13)21-15/h1-4,6-7,9,15,17,19H,5,8,10-11H2/t15?,17-/m1/s1. The first-order valence-electron chi connectivity index (χ1n) is 7.48. The molecule has 1 aliphatic carbocycles. The number of aryl methyl sites for hydroxylation is 1. The fourth-order valence-electron chi connectivity index (χ4n) is 3.20. The molecule has 1 aliphatic heterocycles. The third-order valence-corrected chi connectivity index (χ3v) is 5.60. The van der Waals surface area contributed by atoms with Gasteiger partial charge < -0.3 is 9.84 Å². The molecule has 2 nitrogen and oxygen atoms in total. The van der Waals surface area contributed by atoms with Gasteiger partial charge in [-0.05, 0) is 54.2 Å². The second-order valence-electron chi connectivity index (χ2n) is 5.78. The lowest BCUT2D eigenvalue weighted by molar-refractivity contribution is 0.180. The molecule has 0 fully saturated rings. The maximum absolute atomic E-state index is 9.83. The first-order valence-corrected chi connectivity index (χ1v) is 8.36.